The summed E-state index contributed by atoms with van der Waals surface area (Å²) < 4.78 is 28.6. The van der Waals surface area contributed by atoms with Crippen LogP contribution in [-0.2, 0) is 14.8 Å². The maximum absolute atomic E-state index is 13.0. The van der Waals surface area contributed by atoms with Crippen molar-refractivity contribution in [2.75, 3.05) is 25.0 Å². The molecule has 8 heteroatoms. The molecule has 6 nitrogen and oxygen atoms in total. The molecule has 29 heavy (non-hydrogen) atoms. The summed E-state index contributed by atoms with van der Waals surface area (Å²) in [6, 6.07) is 12.5. The van der Waals surface area contributed by atoms with E-state index in [1.54, 1.807) is 36.2 Å². The van der Waals surface area contributed by atoms with Gasteiger partial charge in [-0.2, -0.15) is 8.42 Å². The van der Waals surface area contributed by atoms with E-state index in [0.717, 1.165) is 11.3 Å². The predicted molar refractivity (Wildman–Crippen MR) is 114 cm³/mol. The summed E-state index contributed by atoms with van der Waals surface area (Å²) in [7, 11) is -1.87. The molecule has 2 heterocycles. The van der Waals surface area contributed by atoms with Crippen LogP contribution >= 0.6 is 11.6 Å². The lowest BCUT2D eigenvalue weighted by Gasteiger charge is -2.34. The summed E-state index contributed by atoms with van der Waals surface area (Å²) in [4.78, 5) is 16.8. The average Bonchev–Trinajstić information content (AvgIpc) is 3.00. The number of carbonyl (C=O) groups excluding carboxylic acids is 1. The predicted octanol–water partition coefficient (Wildman–Crippen LogP) is 3.47. The molecule has 0 radical (unpaired) electrons. The molecule has 2 aromatic rings. The minimum atomic E-state index is -3.63. The lowest BCUT2D eigenvalue weighted by atomic mass is 9.94. The largest absolute Gasteiger partial charge is 0.355 e. The Labute approximate surface area is 175 Å². The van der Waals surface area contributed by atoms with Crippen LogP contribution in [-0.4, -0.2) is 45.2 Å². The van der Waals surface area contributed by atoms with Gasteiger partial charge in [0, 0.05) is 42.3 Å². The van der Waals surface area contributed by atoms with Gasteiger partial charge in [-0.25, -0.2) is 0 Å². The molecule has 4 rings (SSSR count). The number of hydrogen-bond acceptors (Lipinski definition) is 4. The van der Waals surface area contributed by atoms with Gasteiger partial charge in [-0.15, -0.1) is 4.40 Å². The van der Waals surface area contributed by atoms with Gasteiger partial charge >= 0.3 is 0 Å². The third-order valence-electron chi connectivity index (χ3n) is 5.63. The zero-order chi connectivity index (χ0) is 20.8. The van der Waals surface area contributed by atoms with Gasteiger partial charge in [-0.1, -0.05) is 29.8 Å². The highest BCUT2D eigenvalue weighted by Crippen LogP contribution is 2.31. The van der Waals surface area contributed by atoms with Crippen molar-refractivity contribution in [1.82, 2.24) is 4.90 Å². The fraction of sp³-hybridized carbons (Fsp3) is 0.333. The molecule has 2 aliphatic rings. The van der Waals surface area contributed by atoms with Crippen molar-refractivity contribution in [3.05, 3.63) is 58.6 Å². The molecule has 0 bridgehead atoms. The molecule has 2 aromatic carbocycles. The molecular weight excluding hydrogens is 410 g/mol. The molecule has 1 saturated heterocycles. The van der Waals surface area contributed by atoms with Crippen molar-refractivity contribution >= 4 is 39.1 Å². The minimum absolute atomic E-state index is 0.0472. The topological polar surface area (TPSA) is 70.1 Å². The second-order valence-electron chi connectivity index (χ2n) is 7.48. The number of amides is 1. The molecule has 0 N–H and O–H groups in total. The van der Waals surface area contributed by atoms with Crippen molar-refractivity contribution in [3.63, 3.8) is 0 Å². The number of halogens is 1. The first-order chi connectivity index (χ1) is 13.8. The lowest BCUT2D eigenvalue weighted by molar-refractivity contribution is -0.123. The number of anilines is 1. The smallest absolute Gasteiger partial charge is 0.285 e. The Hall–Kier alpha value is -2.38. The van der Waals surface area contributed by atoms with E-state index in [-0.39, 0.29) is 16.7 Å². The quantitative estimate of drug-likeness (QED) is 0.730. The van der Waals surface area contributed by atoms with Crippen LogP contribution < -0.4 is 4.90 Å². The van der Waals surface area contributed by atoms with Crippen LogP contribution in [0.15, 0.2) is 51.8 Å². The standard InChI is InChI=1S/C21H22ClN3O3S/c1-14-7-8-16(13-18(14)22)24(2)21(26)15-9-11-25(12-10-15)20-17-5-3-4-6-19(17)29(27,28)23-20/h3-8,13,15H,9-12H2,1-2H3. The van der Waals surface area contributed by atoms with E-state index in [4.69, 9.17) is 11.6 Å². The third kappa shape index (κ3) is 3.65. The van der Waals surface area contributed by atoms with Gasteiger partial charge in [0.2, 0.25) is 5.91 Å². The van der Waals surface area contributed by atoms with Gasteiger partial charge < -0.3 is 9.80 Å². The molecule has 0 atom stereocenters. The summed E-state index contributed by atoms with van der Waals surface area (Å²) in [5, 5.41) is 0.635. The number of piperidine rings is 1. The Bertz CT molecular complexity index is 1110. The molecule has 0 aliphatic carbocycles. The van der Waals surface area contributed by atoms with Gasteiger partial charge in [0.25, 0.3) is 10.0 Å². The number of rotatable bonds is 2. The summed E-state index contributed by atoms with van der Waals surface area (Å²) in [5.74, 6) is 0.418. The maximum atomic E-state index is 13.0. The summed E-state index contributed by atoms with van der Waals surface area (Å²) >= 11 is 6.20. The van der Waals surface area contributed by atoms with Gasteiger partial charge in [-0.3, -0.25) is 4.79 Å². The van der Waals surface area contributed by atoms with Crippen molar-refractivity contribution < 1.29 is 13.2 Å². The zero-order valence-electron chi connectivity index (χ0n) is 16.3. The SMILES string of the molecule is Cc1ccc(N(C)C(=O)C2CCN(C3=NS(=O)(=O)c4ccccc43)CC2)cc1Cl. The number of amidine groups is 1. The van der Waals surface area contributed by atoms with E-state index < -0.39 is 10.0 Å². The second-order valence-corrected chi connectivity index (χ2v) is 9.46. The molecule has 0 aromatic heterocycles. The summed E-state index contributed by atoms with van der Waals surface area (Å²) in [6.07, 6.45) is 1.29. The van der Waals surface area contributed by atoms with Crippen molar-refractivity contribution in [2.24, 2.45) is 10.3 Å². The van der Waals surface area contributed by atoms with Crippen molar-refractivity contribution in [2.45, 2.75) is 24.7 Å². The van der Waals surface area contributed by atoms with Crippen LogP contribution in [0.25, 0.3) is 0 Å². The first-order valence-electron chi connectivity index (χ1n) is 9.51. The number of hydrogen-bond donors (Lipinski definition) is 0. The zero-order valence-corrected chi connectivity index (χ0v) is 17.9. The van der Waals surface area contributed by atoms with E-state index in [1.165, 1.54) is 0 Å². The highest BCUT2D eigenvalue weighted by Gasteiger charge is 2.35. The Balaban J connectivity index is 1.46. The third-order valence-corrected chi connectivity index (χ3v) is 7.36. The molecule has 0 unspecified atom stereocenters. The summed E-state index contributed by atoms with van der Waals surface area (Å²) in [6.45, 7) is 3.09. The number of nitrogens with zero attached hydrogens (tertiary/aromatic N) is 3. The van der Waals surface area contributed by atoms with Crippen LogP contribution in [0.1, 0.15) is 24.0 Å². The molecule has 152 valence electrons. The fourth-order valence-corrected chi connectivity index (χ4v) is 5.25. The molecule has 1 amide bonds. The Morgan fingerprint density at radius 1 is 1.17 bits per heavy atom. The Kier molecular flexibility index (Phi) is 5.12. The monoisotopic (exact) mass is 431 g/mol. The first-order valence-corrected chi connectivity index (χ1v) is 11.3. The first kappa shape index (κ1) is 19.9. The van der Waals surface area contributed by atoms with Gasteiger partial charge in [0.05, 0.1) is 0 Å². The van der Waals surface area contributed by atoms with Gasteiger partial charge in [0.15, 0.2) is 5.84 Å². The average molecular weight is 432 g/mol. The van der Waals surface area contributed by atoms with E-state index in [1.807, 2.05) is 30.0 Å². The van der Waals surface area contributed by atoms with Crippen LogP contribution in [0.2, 0.25) is 5.02 Å². The van der Waals surface area contributed by atoms with E-state index in [9.17, 15) is 13.2 Å². The lowest BCUT2D eigenvalue weighted by Crippen LogP contribution is -2.43. The fourth-order valence-electron chi connectivity index (χ4n) is 3.85. The van der Waals surface area contributed by atoms with Crippen LogP contribution in [0.3, 0.4) is 0 Å². The van der Waals surface area contributed by atoms with Gasteiger partial charge in [-0.05, 0) is 49.6 Å². The molecule has 0 spiro atoms. The Morgan fingerprint density at radius 3 is 2.55 bits per heavy atom. The highest BCUT2D eigenvalue weighted by atomic mass is 35.5. The molecule has 1 fully saturated rings. The molecule has 2 aliphatic heterocycles. The number of sulfonamides is 1. The molecular formula is C21H22ClN3O3S. The van der Waals surface area contributed by atoms with Gasteiger partial charge in [0.1, 0.15) is 4.90 Å². The van der Waals surface area contributed by atoms with E-state index >= 15 is 0 Å². The number of likely N-dealkylation sites (tertiary alicyclic amines) is 1. The maximum Gasteiger partial charge on any atom is 0.285 e. The van der Waals surface area contributed by atoms with E-state index in [0.29, 0.717) is 42.4 Å². The highest BCUT2D eigenvalue weighted by molar-refractivity contribution is 7.90. The van der Waals surface area contributed by atoms with E-state index in [2.05, 4.69) is 4.40 Å². The number of fused-ring (bicyclic) bond motifs is 1. The van der Waals surface area contributed by atoms with Crippen molar-refractivity contribution in [3.8, 4) is 0 Å². The van der Waals surface area contributed by atoms with Crippen LogP contribution in [0.4, 0.5) is 5.69 Å². The summed E-state index contributed by atoms with van der Waals surface area (Å²) in [5.41, 5.74) is 2.38. The second kappa shape index (κ2) is 7.46. The number of carbonyl (C=O) groups is 1. The minimum Gasteiger partial charge on any atom is -0.355 e. The molecule has 0 saturated carbocycles. The van der Waals surface area contributed by atoms with Crippen molar-refractivity contribution in [1.29, 1.82) is 0 Å². The Morgan fingerprint density at radius 2 is 1.86 bits per heavy atom. The number of aryl methyl sites for hydroxylation is 1. The number of benzene rings is 2. The normalized spacial score (nSPS) is 18.3. The van der Waals surface area contributed by atoms with Crippen LogP contribution in [0, 0.1) is 12.8 Å². The van der Waals surface area contributed by atoms with Crippen LogP contribution in [0.5, 0.6) is 0 Å².